The molecule has 0 heterocycles. The third-order valence-electron chi connectivity index (χ3n) is 9.03. The molecule has 4 aliphatic rings. The smallest absolute Gasteiger partial charge is 0.00876 e. The molecule has 0 spiro atoms. The average Bonchev–Trinajstić information content (AvgIpc) is 2.86. The van der Waals surface area contributed by atoms with Gasteiger partial charge in [0, 0.05) is 0 Å². The van der Waals surface area contributed by atoms with Gasteiger partial charge in [-0.25, -0.2) is 0 Å². The lowest BCUT2D eigenvalue weighted by Crippen LogP contribution is -2.47. The van der Waals surface area contributed by atoms with Crippen molar-refractivity contribution in [3.05, 3.63) is 11.1 Å². The van der Waals surface area contributed by atoms with E-state index in [9.17, 15) is 0 Å². The van der Waals surface area contributed by atoms with Crippen LogP contribution >= 0.6 is 0 Å². The van der Waals surface area contributed by atoms with Crippen LogP contribution in [0.15, 0.2) is 11.1 Å². The van der Waals surface area contributed by atoms with E-state index in [4.69, 9.17) is 0 Å². The van der Waals surface area contributed by atoms with Crippen molar-refractivity contribution < 1.29 is 0 Å². The summed E-state index contributed by atoms with van der Waals surface area (Å²) in [5, 5.41) is 0. The lowest BCUT2D eigenvalue weighted by molar-refractivity contribution is -0.0334. The topological polar surface area (TPSA) is 0 Å². The highest BCUT2D eigenvalue weighted by Gasteiger charge is 2.53. The van der Waals surface area contributed by atoms with E-state index in [0.29, 0.717) is 10.8 Å². The maximum atomic E-state index is 2.69. The first-order chi connectivity index (χ1) is 10.5. The Labute approximate surface area is 138 Å². The summed E-state index contributed by atoms with van der Waals surface area (Å²) in [4.78, 5) is 0. The molecule has 5 atom stereocenters. The van der Waals surface area contributed by atoms with Gasteiger partial charge in [-0.05, 0) is 85.9 Å². The summed E-state index contributed by atoms with van der Waals surface area (Å²) < 4.78 is 0. The first-order valence-electron chi connectivity index (χ1n) is 10.2. The highest BCUT2D eigenvalue weighted by molar-refractivity contribution is 5.34. The predicted molar refractivity (Wildman–Crippen MR) is 94.7 cm³/mol. The van der Waals surface area contributed by atoms with Crippen molar-refractivity contribution in [2.45, 2.75) is 91.9 Å². The van der Waals surface area contributed by atoms with E-state index in [-0.39, 0.29) is 0 Å². The summed E-state index contributed by atoms with van der Waals surface area (Å²) in [5.41, 5.74) is 5.13. The van der Waals surface area contributed by atoms with Crippen molar-refractivity contribution in [1.29, 1.82) is 0 Å². The van der Waals surface area contributed by atoms with Crippen LogP contribution in [-0.4, -0.2) is 0 Å². The molecule has 0 nitrogen and oxygen atoms in total. The van der Waals surface area contributed by atoms with Gasteiger partial charge in [0.05, 0.1) is 0 Å². The number of rotatable bonds is 1. The fraction of sp³-hybridized carbons (Fsp3) is 0.909. The van der Waals surface area contributed by atoms with Gasteiger partial charge in [0.2, 0.25) is 0 Å². The molecule has 0 amide bonds. The van der Waals surface area contributed by atoms with E-state index in [1.54, 1.807) is 0 Å². The Balaban J connectivity index is 1.68. The third-order valence-corrected chi connectivity index (χ3v) is 9.03. The monoisotopic (exact) mass is 300 g/mol. The summed E-state index contributed by atoms with van der Waals surface area (Å²) in [7, 11) is 0. The van der Waals surface area contributed by atoms with Gasteiger partial charge in [-0.15, -0.1) is 0 Å². The fourth-order valence-corrected chi connectivity index (χ4v) is 7.24. The zero-order valence-electron chi connectivity index (χ0n) is 15.4. The molecule has 22 heavy (non-hydrogen) atoms. The van der Waals surface area contributed by atoms with Crippen LogP contribution in [0.5, 0.6) is 0 Å². The molecule has 0 bridgehead atoms. The maximum absolute atomic E-state index is 2.69. The molecule has 4 rings (SSSR count). The van der Waals surface area contributed by atoms with Crippen molar-refractivity contribution in [2.24, 2.45) is 34.5 Å². The van der Waals surface area contributed by atoms with Crippen LogP contribution in [-0.2, 0) is 0 Å². The Morgan fingerprint density at radius 1 is 0.909 bits per heavy atom. The lowest BCUT2D eigenvalue weighted by atomic mass is 9.49. The second-order valence-corrected chi connectivity index (χ2v) is 9.85. The minimum absolute atomic E-state index is 0.532. The highest BCUT2D eigenvalue weighted by Crippen LogP contribution is 2.64. The maximum Gasteiger partial charge on any atom is -0.00876 e. The van der Waals surface area contributed by atoms with Crippen molar-refractivity contribution in [2.75, 3.05) is 0 Å². The molecule has 0 aromatic rings. The van der Waals surface area contributed by atoms with Gasteiger partial charge in [-0.2, -0.15) is 0 Å². The summed E-state index contributed by atoms with van der Waals surface area (Å²) in [5.74, 6) is 3.88. The minimum atomic E-state index is 0.532. The van der Waals surface area contributed by atoms with Gasteiger partial charge in [-0.3, -0.25) is 0 Å². The van der Waals surface area contributed by atoms with Crippen LogP contribution in [0.2, 0.25) is 0 Å². The summed E-state index contributed by atoms with van der Waals surface area (Å²) in [6, 6.07) is 0. The van der Waals surface area contributed by atoms with Gasteiger partial charge in [0.25, 0.3) is 0 Å². The van der Waals surface area contributed by atoms with Crippen molar-refractivity contribution in [1.82, 2.24) is 0 Å². The van der Waals surface area contributed by atoms with E-state index in [0.717, 1.165) is 23.7 Å². The van der Waals surface area contributed by atoms with Gasteiger partial charge in [0.1, 0.15) is 0 Å². The highest BCUT2D eigenvalue weighted by atomic mass is 14.6. The zero-order valence-corrected chi connectivity index (χ0v) is 15.4. The average molecular weight is 301 g/mol. The SMILES string of the molecule is CC(C)[C@]1(C)CCC2=C1CC[C@H]1[C@H]2CC[C@H]2CCCC[C@@]21C. The molecular formula is C22H36. The number of hydrogen-bond acceptors (Lipinski definition) is 0. The lowest BCUT2D eigenvalue weighted by Gasteiger charge is -2.56. The first kappa shape index (κ1) is 15.3. The van der Waals surface area contributed by atoms with Crippen molar-refractivity contribution >= 4 is 0 Å². The first-order valence-corrected chi connectivity index (χ1v) is 10.2. The van der Waals surface area contributed by atoms with E-state index in [1.807, 2.05) is 11.1 Å². The Bertz CT molecular complexity index is 484. The molecule has 0 N–H and O–H groups in total. The molecule has 0 aromatic heterocycles. The molecule has 0 radical (unpaired) electrons. The van der Waals surface area contributed by atoms with Crippen LogP contribution in [0.3, 0.4) is 0 Å². The summed E-state index contributed by atoms with van der Waals surface area (Å²) >= 11 is 0. The standard InChI is InChI=1S/C22H36/c1-15(2)21(3)14-12-18-17-9-8-16-7-5-6-13-22(16,4)20(17)11-10-19(18)21/h15-17,20H,5-14H2,1-4H3/t16-,17+,20+,21+,22+/m1/s1. The van der Waals surface area contributed by atoms with Crippen LogP contribution in [0.1, 0.15) is 91.9 Å². The summed E-state index contributed by atoms with van der Waals surface area (Å²) in [6.45, 7) is 10.2. The third kappa shape index (κ3) is 1.94. The molecule has 0 heteroatoms. The van der Waals surface area contributed by atoms with E-state index >= 15 is 0 Å². The second kappa shape index (κ2) is 5.12. The zero-order chi connectivity index (χ0) is 15.5. The minimum Gasteiger partial charge on any atom is -0.0670 e. The fourth-order valence-electron chi connectivity index (χ4n) is 7.24. The summed E-state index contributed by atoms with van der Waals surface area (Å²) in [6.07, 6.45) is 15.0. The molecule has 0 unspecified atom stereocenters. The Kier molecular flexibility index (Phi) is 3.55. The largest absolute Gasteiger partial charge is 0.0670 e. The molecule has 124 valence electrons. The quantitative estimate of drug-likeness (QED) is 0.469. The molecular weight excluding hydrogens is 264 g/mol. The van der Waals surface area contributed by atoms with Crippen LogP contribution in [0.4, 0.5) is 0 Å². The number of allylic oxidation sites excluding steroid dienone is 2. The Morgan fingerprint density at radius 2 is 1.73 bits per heavy atom. The molecule has 2 saturated carbocycles. The Morgan fingerprint density at radius 3 is 2.50 bits per heavy atom. The molecule has 0 aliphatic heterocycles. The van der Waals surface area contributed by atoms with Gasteiger partial charge >= 0.3 is 0 Å². The van der Waals surface area contributed by atoms with Gasteiger partial charge < -0.3 is 0 Å². The van der Waals surface area contributed by atoms with Crippen molar-refractivity contribution in [3.63, 3.8) is 0 Å². The van der Waals surface area contributed by atoms with Crippen molar-refractivity contribution in [3.8, 4) is 0 Å². The number of hydrogen-bond donors (Lipinski definition) is 0. The molecule has 4 aliphatic carbocycles. The van der Waals surface area contributed by atoms with Crippen LogP contribution < -0.4 is 0 Å². The van der Waals surface area contributed by atoms with E-state index in [1.165, 1.54) is 64.2 Å². The van der Waals surface area contributed by atoms with Crippen LogP contribution in [0, 0.1) is 34.5 Å². The Hall–Kier alpha value is -0.260. The normalized spacial score (nSPS) is 48.1. The molecule has 0 aromatic carbocycles. The second-order valence-electron chi connectivity index (χ2n) is 9.85. The van der Waals surface area contributed by atoms with E-state index < -0.39 is 0 Å². The molecule has 2 fully saturated rings. The van der Waals surface area contributed by atoms with Gasteiger partial charge in [0.15, 0.2) is 0 Å². The van der Waals surface area contributed by atoms with E-state index in [2.05, 4.69) is 27.7 Å². The number of fused-ring (bicyclic) bond motifs is 4. The van der Waals surface area contributed by atoms with Gasteiger partial charge in [-0.1, -0.05) is 51.7 Å². The predicted octanol–water partition coefficient (Wildman–Crippen LogP) is 6.76. The molecule has 0 saturated heterocycles. The van der Waals surface area contributed by atoms with Crippen LogP contribution in [0.25, 0.3) is 0 Å².